The Balaban J connectivity index is 1.72. The minimum absolute atomic E-state index is 0.296. The molecule has 0 radical (unpaired) electrons. The van der Waals surface area contributed by atoms with Crippen LogP contribution in [0.5, 0.6) is 0 Å². The standard InChI is InChI=1S/C21H25NO2/c1-16-13-17(2)20(18(3)14-16)11-7-8-12-22-21(23)24-15-19-9-5-4-6-10-19/h4-7,9-11,13-14H,8,12,15H2,1-3H3,(H,22,23). The van der Waals surface area contributed by atoms with E-state index in [0.717, 1.165) is 12.0 Å². The fraction of sp³-hybridized carbons (Fsp3) is 0.286. The molecule has 2 aromatic rings. The number of carbonyl (C=O) groups excluding carboxylic acids is 1. The Morgan fingerprint density at radius 3 is 2.42 bits per heavy atom. The molecule has 0 atom stereocenters. The van der Waals surface area contributed by atoms with Crippen molar-refractivity contribution in [2.24, 2.45) is 0 Å². The van der Waals surface area contributed by atoms with Crippen LogP contribution in [-0.4, -0.2) is 12.6 Å². The summed E-state index contributed by atoms with van der Waals surface area (Å²) in [6, 6.07) is 14.0. The first-order valence-electron chi connectivity index (χ1n) is 8.25. The zero-order chi connectivity index (χ0) is 17.4. The number of ether oxygens (including phenoxy) is 1. The normalized spacial score (nSPS) is 10.8. The molecule has 0 bridgehead atoms. The molecule has 0 saturated heterocycles. The van der Waals surface area contributed by atoms with E-state index in [1.165, 1.54) is 22.3 Å². The minimum Gasteiger partial charge on any atom is -0.445 e. The van der Waals surface area contributed by atoms with Crippen LogP contribution >= 0.6 is 0 Å². The lowest BCUT2D eigenvalue weighted by Gasteiger charge is -2.07. The molecule has 1 amide bonds. The molecule has 2 aromatic carbocycles. The highest BCUT2D eigenvalue weighted by molar-refractivity contribution is 5.67. The average Bonchev–Trinajstić information content (AvgIpc) is 2.55. The van der Waals surface area contributed by atoms with E-state index in [2.05, 4.69) is 50.4 Å². The Labute approximate surface area is 144 Å². The molecule has 24 heavy (non-hydrogen) atoms. The van der Waals surface area contributed by atoms with Crippen LogP contribution in [0.1, 0.15) is 34.2 Å². The Morgan fingerprint density at radius 1 is 1.08 bits per heavy atom. The summed E-state index contributed by atoms with van der Waals surface area (Å²) in [7, 11) is 0. The summed E-state index contributed by atoms with van der Waals surface area (Å²) in [5.74, 6) is 0. The lowest BCUT2D eigenvalue weighted by Crippen LogP contribution is -2.24. The van der Waals surface area contributed by atoms with Crippen molar-refractivity contribution < 1.29 is 9.53 Å². The molecule has 0 aliphatic heterocycles. The second-order valence-corrected chi connectivity index (χ2v) is 5.99. The summed E-state index contributed by atoms with van der Waals surface area (Å²) in [6.07, 6.45) is 4.60. The summed E-state index contributed by atoms with van der Waals surface area (Å²) >= 11 is 0. The Kier molecular flexibility index (Phi) is 6.62. The molecular weight excluding hydrogens is 298 g/mol. The maximum Gasteiger partial charge on any atom is 0.407 e. The third kappa shape index (κ3) is 5.58. The van der Waals surface area contributed by atoms with Gasteiger partial charge in [0.05, 0.1) is 0 Å². The SMILES string of the molecule is Cc1cc(C)c(C=CCCNC(=O)OCc2ccccc2)c(C)c1. The second kappa shape index (κ2) is 8.92. The molecule has 0 aliphatic carbocycles. The Morgan fingerprint density at radius 2 is 1.75 bits per heavy atom. The van der Waals surface area contributed by atoms with E-state index in [9.17, 15) is 4.79 Å². The Bertz CT molecular complexity index is 682. The highest BCUT2D eigenvalue weighted by atomic mass is 16.5. The summed E-state index contributed by atoms with van der Waals surface area (Å²) < 4.78 is 5.17. The van der Waals surface area contributed by atoms with Crippen molar-refractivity contribution in [3.05, 3.63) is 76.4 Å². The van der Waals surface area contributed by atoms with Gasteiger partial charge in [-0.2, -0.15) is 0 Å². The van der Waals surface area contributed by atoms with Crippen LogP contribution in [0.25, 0.3) is 6.08 Å². The van der Waals surface area contributed by atoms with Gasteiger partial charge in [0.2, 0.25) is 0 Å². The van der Waals surface area contributed by atoms with Crippen LogP contribution < -0.4 is 5.32 Å². The van der Waals surface area contributed by atoms with Gasteiger partial charge in [-0.25, -0.2) is 4.79 Å². The number of hydrogen-bond acceptors (Lipinski definition) is 2. The first-order valence-corrected chi connectivity index (χ1v) is 8.25. The number of carbonyl (C=O) groups is 1. The first kappa shape index (κ1) is 17.8. The third-order valence-electron chi connectivity index (χ3n) is 3.82. The van der Waals surface area contributed by atoms with Gasteiger partial charge >= 0.3 is 6.09 Å². The van der Waals surface area contributed by atoms with E-state index in [1.807, 2.05) is 30.3 Å². The summed E-state index contributed by atoms with van der Waals surface area (Å²) in [5.41, 5.74) is 6.08. The molecule has 3 heteroatoms. The molecular formula is C21H25NO2. The fourth-order valence-corrected chi connectivity index (χ4v) is 2.69. The van der Waals surface area contributed by atoms with E-state index in [4.69, 9.17) is 4.74 Å². The highest BCUT2D eigenvalue weighted by Gasteiger charge is 2.02. The van der Waals surface area contributed by atoms with Crippen molar-refractivity contribution in [2.45, 2.75) is 33.8 Å². The predicted octanol–water partition coefficient (Wildman–Crippen LogP) is 4.94. The predicted molar refractivity (Wildman–Crippen MR) is 98.9 cm³/mol. The number of aryl methyl sites for hydroxylation is 3. The monoisotopic (exact) mass is 323 g/mol. The smallest absolute Gasteiger partial charge is 0.407 e. The summed E-state index contributed by atoms with van der Waals surface area (Å²) in [6.45, 7) is 7.22. The van der Waals surface area contributed by atoms with Crippen LogP contribution in [0, 0.1) is 20.8 Å². The van der Waals surface area contributed by atoms with E-state index in [0.29, 0.717) is 13.2 Å². The maximum absolute atomic E-state index is 11.6. The van der Waals surface area contributed by atoms with Crippen LogP contribution in [0.3, 0.4) is 0 Å². The van der Waals surface area contributed by atoms with Crippen LogP contribution in [-0.2, 0) is 11.3 Å². The number of rotatable bonds is 6. The van der Waals surface area contributed by atoms with Crippen LogP contribution in [0.15, 0.2) is 48.5 Å². The molecule has 1 N–H and O–H groups in total. The van der Waals surface area contributed by atoms with E-state index < -0.39 is 0 Å². The molecule has 0 unspecified atom stereocenters. The lowest BCUT2D eigenvalue weighted by molar-refractivity contribution is 0.140. The third-order valence-corrected chi connectivity index (χ3v) is 3.82. The molecule has 2 rings (SSSR count). The van der Waals surface area contributed by atoms with Gasteiger partial charge in [-0.1, -0.05) is 60.2 Å². The molecule has 3 nitrogen and oxygen atoms in total. The quantitative estimate of drug-likeness (QED) is 0.765. The lowest BCUT2D eigenvalue weighted by atomic mass is 9.99. The number of nitrogens with one attached hydrogen (secondary N) is 1. The molecule has 0 aromatic heterocycles. The van der Waals surface area contributed by atoms with Crippen molar-refractivity contribution in [3.8, 4) is 0 Å². The van der Waals surface area contributed by atoms with E-state index >= 15 is 0 Å². The topological polar surface area (TPSA) is 38.3 Å². The second-order valence-electron chi connectivity index (χ2n) is 5.99. The van der Waals surface area contributed by atoms with Gasteiger partial charge in [0, 0.05) is 6.54 Å². The summed E-state index contributed by atoms with van der Waals surface area (Å²) in [4.78, 5) is 11.6. The molecule has 0 saturated carbocycles. The Hall–Kier alpha value is -2.55. The number of alkyl carbamates (subject to hydrolysis) is 1. The van der Waals surface area contributed by atoms with Crippen molar-refractivity contribution >= 4 is 12.2 Å². The van der Waals surface area contributed by atoms with Crippen LogP contribution in [0.4, 0.5) is 4.79 Å². The number of benzene rings is 2. The molecule has 0 fully saturated rings. The highest BCUT2D eigenvalue weighted by Crippen LogP contribution is 2.17. The van der Waals surface area contributed by atoms with Gasteiger partial charge in [0.25, 0.3) is 0 Å². The molecule has 126 valence electrons. The maximum atomic E-state index is 11.6. The molecule has 0 aliphatic rings. The first-order chi connectivity index (χ1) is 11.6. The van der Waals surface area contributed by atoms with Gasteiger partial charge in [0.15, 0.2) is 0 Å². The van der Waals surface area contributed by atoms with Crippen molar-refractivity contribution in [2.75, 3.05) is 6.54 Å². The average molecular weight is 323 g/mol. The minimum atomic E-state index is -0.380. The largest absolute Gasteiger partial charge is 0.445 e. The number of amides is 1. The summed E-state index contributed by atoms with van der Waals surface area (Å²) in [5, 5.41) is 2.77. The van der Waals surface area contributed by atoms with Crippen molar-refractivity contribution in [1.82, 2.24) is 5.32 Å². The van der Waals surface area contributed by atoms with E-state index in [1.54, 1.807) is 0 Å². The zero-order valence-corrected chi connectivity index (χ0v) is 14.6. The molecule has 0 heterocycles. The van der Waals surface area contributed by atoms with Crippen molar-refractivity contribution in [1.29, 1.82) is 0 Å². The van der Waals surface area contributed by atoms with Gasteiger partial charge in [-0.05, 0) is 49.4 Å². The van der Waals surface area contributed by atoms with Gasteiger partial charge < -0.3 is 10.1 Å². The van der Waals surface area contributed by atoms with E-state index in [-0.39, 0.29) is 6.09 Å². The zero-order valence-electron chi connectivity index (χ0n) is 14.6. The van der Waals surface area contributed by atoms with Gasteiger partial charge in [0.1, 0.15) is 6.61 Å². The molecule has 0 spiro atoms. The number of hydrogen-bond donors (Lipinski definition) is 1. The fourth-order valence-electron chi connectivity index (χ4n) is 2.69. The van der Waals surface area contributed by atoms with Gasteiger partial charge in [-0.15, -0.1) is 0 Å². The van der Waals surface area contributed by atoms with Gasteiger partial charge in [-0.3, -0.25) is 0 Å². The van der Waals surface area contributed by atoms with Crippen LogP contribution in [0.2, 0.25) is 0 Å². The van der Waals surface area contributed by atoms with Crippen molar-refractivity contribution in [3.63, 3.8) is 0 Å².